The van der Waals surface area contributed by atoms with Crippen molar-refractivity contribution >= 4 is 33.5 Å². The van der Waals surface area contributed by atoms with Crippen LogP contribution in [0, 0.1) is 0 Å². The average molecular weight is 420 g/mol. The Kier molecular flexibility index (Phi) is 7.21. The van der Waals surface area contributed by atoms with E-state index in [9.17, 15) is 9.59 Å². The Morgan fingerprint density at radius 1 is 1.19 bits per heavy atom. The van der Waals surface area contributed by atoms with Gasteiger partial charge in [-0.05, 0) is 58.1 Å². The predicted octanol–water partition coefficient (Wildman–Crippen LogP) is 4.77. The fraction of sp³-hybridized carbons (Fsp3) is 0.300. The van der Waals surface area contributed by atoms with Gasteiger partial charge in [-0.1, -0.05) is 32.0 Å². The van der Waals surface area contributed by atoms with E-state index in [1.54, 1.807) is 18.2 Å². The maximum atomic E-state index is 12.2. The van der Waals surface area contributed by atoms with Crippen molar-refractivity contribution in [1.29, 1.82) is 0 Å². The second-order valence-corrected chi connectivity index (χ2v) is 6.72. The molecule has 1 atom stereocenters. The van der Waals surface area contributed by atoms with E-state index < -0.39 is 5.97 Å². The van der Waals surface area contributed by atoms with Gasteiger partial charge in [-0.2, -0.15) is 0 Å². The Morgan fingerprint density at radius 2 is 1.92 bits per heavy atom. The summed E-state index contributed by atoms with van der Waals surface area (Å²) in [5.74, 6) is -0.122. The maximum absolute atomic E-state index is 12.2. The second kappa shape index (κ2) is 9.38. The van der Waals surface area contributed by atoms with E-state index >= 15 is 0 Å². The van der Waals surface area contributed by atoms with Gasteiger partial charge in [-0.25, -0.2) is 4.79 Å². The number of carbonyl (C=O) groups excluding carboxylic acids is 2. The number of ether oxygens (including phenoxy) is 2. The van der Waals surface area contributed by atoms with Crippen molar-refractivity contribution in [2.75, 3.05) is 19.0 Å². The number of amides is 1. The van der Waals surface area contributed by atoms with Crippen LogP contribution < -0.4 is 10.1 Å². The largest absolute Gasteiger partial charge is 0.497 e. The lowest BCUT2D eigenvalue weighted by atomic mass is 9.97. The summed E-state index contributed by atoms with van der Waals surface area (Å²) in [6.07, 6.45) is 0.964. The summed E-state index contributed by atoms with van der Waals surface area (Å²) in [6, 6.07) is 12.6. The van der Waals surface area contributed by atoms with Crippen molar-refractivity contribution in [2.45, 2.75) is 26.2 Å². The fourth-order valence-corrected chi connectivity index (χ4v) is 2.85. The minimum atomic E-state index is -0.596. The number of esters is 1. The van der Waals surface area contributed by atoms with Gasteiger partial charge in [0, 0.05) is 10.2 Å². The van der Waals surface area contributed by atoms with Gasteiger partial charge >= 0.3 is 5.97 Å². The molecular weight excluding hydrogens is 398 g/mol. The summed E-state index contributed by atoms with van der Waals surface area (Å²) in [6.45, 7) is 3.83. The van der Waals surface area contributed by atoms with Crippen LogP contribution in [-0.2, 0) is 9.53 Å². The van der Waals surface area contributed by atoms with Crippen LogP contribution in [0.5, 0.6) is 5.75 Å². The van der Waals surface area contributed by atoms with E-state index in [4.69, 9.17) is 9.47 Å². The predicted molar refractivity (Wildman–Crippen MR) is 105 cm³/mol. The van der Waals surface area contributed by atoms with Gasteiger partial charge in [0.2, 0.25) is 0 Å². The number of carbonyl (C=O) groups is 2. The van der Waals surface area contributed by atoms with Gasteiger partial charge in [0.25, 0.3) is 5.91 Å². The zero-order valence-electron chi connectivity index (χ0n) is 15.0. The lowest BCUT2D eigenvalue weighted by molar-refractivity contribution is -0.119. The molecule has 2 rings (SSSR count). The molecule has 0 aromatic heterocycles. The number of para-hydroxylation sites is 1. The van der Waals surface area contributed by atoms with Crippen LogP contribution in [0.1, 0.15) is 42.1 Å². The summed E-state index contributed by atoms with van der Waals surface area (Å²) >= 11 is 3.30. The molecule has 138 valence electrons. The molecule has 0 heterocycles. The van der Waals surface area contributed by atoms with Gasteiger partial charge < -0.3 is 14.8 Å². The molecule has 1 amide bonds. The quantitative estimate of drug-likeness (QED) is 0.656. The van der Waals surface area contributed by atoms with Gasteiger partial charge in [0.15, 0.2) is 6.61 Å². The molecule has 0 unspecified atom stereocenters. The van der Waals surface area contributed by atoms with Crippen LogP contribution in [0.3, 0.4) is 0 Å². The standard InChI is InChI=1S/C20H22BrNO4/c1-4-13(2)15-7-5-6-8-18(15)22-19(23)12-26-20(24)16-11-14(25-3)9-10-17(16)21/h5-11,13H,4,12H2,1-3H3,(H,22,23)/t13-/m0/s1. The molecule has 0 radical (unpaired) electrons. The number of methoxy groups -OCH3 is 1. The third kappa shape index (κ3) is 5.08. The molecule has 0 saturated carbocycles. The smallest absolute Gasteiger partial charge is 0.339 e. The molecule has 0 aliphatic carbocycles. The Morgan fingerprint density at radius 3 is 2.62 bits per heavy atom. The molecule has 26 heavy (non-hydrogen) atoms. The Hall–Kier alpha value is -2.34. The molecule has 1 N–H and O–H groups in total. The molecule has 0 bridgehead atoms. The van der Waals surface area contributed by atoms with Gasteiger partial charge in [-0.15, -0.1) is 0 Å². The van der Waals surface area contributed by atoms with Crippen molar-refractivity contribution in [3.05, 3.63) is 58.1 Å². The number of rotatable bonds is 7. The van der Waals surface area contributed by atoms with Crippen molar-refractivity contribution in [3.63, 3.8) is 0 Å². The third-order valence-corrected chi connectivity index (χ3v) is 4.80. The van der Waals surface area contributed by atoms with E-state index in [2.05, 4.69) is 35.1 Å². The van der Waals surface area contributed by atoms with Gasteiger partial charge in [0.05, 0.1) is 12.7 Å². The minimum Gasteiger partial charge on any atom is -0.497 e. The first-order valence-corrected chi connectivity index (χ1v) is 9.15. The summed E-state index contributed by atoms with van der Waals surface area (Å²) in [5, 5.41) is 2.82. The highest BCUT2D eigenvalue weighted by Gasteiger charge is 2.16. The number of nitrogens with one attached hydrogen (secondary N) is 1. The van der Waals surface area contributed by atoms with Crippen LogP contribution in [0.15, 0.2) is 46.9 Å². The lowest BCUT2D eigenvalue weighted by Crippen LogP contribution is -2.22. The molecule has 6 heteroatoms. The Bertz CT molecular complexity index is 791. The average Bonchev–Trinajstić information content (AvgIpc) is 2.66. The molecule has 0 fully saturated rings. The number of halogens is 1. The molecule has 2 aromatic rings. The molecule has 5 nitrogen and oxygen atoms in total. The van der Waals surface area contributed by atoms with E-state index in [0.717, 1.165) is 17.7 Å². The van der Waals surface area contributed by atoms with Crippen LogP contribution in [0.25, 0.3) is 0 Å². The SMILES string of the molecule is CC[C@H](C)c1ccccc1NC(=O)COC(=O)c1cc(OC)ccc1Br. The molecule has 0 aliphatic rings. The minimum absolute atomic E-state index is 0.303. The van der Waals surface area contributed by atoms with Gasteiger partial charge in [-0.3, -0.25) is 4.79 Å². The topological polar surface area (TPSA) is 64.6 Å². The second-order valence-electron chi connectivity index (χ2n) is 5.87. The zero-order chi connectivity index (χ0) is 19.1. The summed E-state index contributed by atoms with van der Waals surface area (Å²) < 4.78 is 10.8. The highest BCUT2D eigenvalue weighted by atomic mass is 79.9. The third-order valence-electron chi connectivity index (χ3n) is 4.11. The Labute approximate surface area is 161 Å². The highest BCUT2D eigenvalue weighted by molar-refractivity contribution is 9.10. The Balaban J connectivity index is 2.00. The zero-order valence-corrected chi connectivity index (χ0v) is 16.6. The monoisotopic (exact) mass is 419 g/mol. The number of anilines is 1. The van der Waals surface area contributed by atoms with Crippen molar-refractivity contribution in [2.24, 2.45) is 0 Å². The first kappa shape index (κ1) is 20.0. The molecule has 0 saturated heterocycles. The lowest BCUT2D eigenvalue weighted by Gasteiger charge is -2.15. The van der Waals surface area contributed by atoms with Crippen molar-refractivity contribution < 1.29 is 19.1 Å². The summed E-state index contributed by atoms with van der Waals surface area (Å²) in [7, 11) is 1.51. The number of benzene rings is 2. The molecule has 0 spiro atoms. The van der Waals surface area contributed by atoms with Crippen molar-refractivity contribution in [1.82, 2.24) is 0 Å². The maximum Gasteiger partial charge on any atom is 0.339 e. The molecule has 0 aliphatic heterocycles. The molecular formula is C20H22BrNO4. The normalized spacial score (nSPS) is 11.5. The van der Waals surface area contributed by atoms with Crippen LogP contribution in [-0.4, -0.2) is 25.6 Å². The first-order chi connectivity index (χ1) is 12.5. The van der Waals surface area contributed by atoms with Crippen LogP contribution in [0.2, 0.25) is 0 Å². The van der Waals surface area contributed by atoms with Gasteiger partial charge in [0.1, 0.15) is 5.75 Å². The van der Waals surface area contributed by atoms with E-state index in [-0.39, 0.29) is 12.5 Å². The summed E-state index contributed by atoms with van der Waals surface area (Å²) in [4.78, 5) is 24.4. The van der Waals surface area contributed by atoms with Crippen LogP contribution >= 0.6 is 15.9 Å². The van der Waals surface area contributed by atoms with E-state index in [0.29, 0.717) is 21.7 Å². The fourth-order valence-electron chi connectivity index (χ4n) is 2.44. The van der Waals surface area contributed by atoms with Crippen LogP contribution in [0.4, 0.5) is 5.69 Å². The number of hydrogen-bond donors (Lipinski definition) is 1. The molecule has 2 aromatic carbocycles. The van der Waals surface area contributed by atoms with E-state index in [1.165, 1.54) is 7.11 Å². The van der Waals surface area contributed by atoms with E-state index in [1.807, 2.05) is 24.3 Å². The first-order valence-electron chi connectivity index (χ1n) is 8.35. The van der Waals surface area contributed by atoms with Crippen molar-refractivity contribution in [3.8, 4) is 5.75 Å². The highest BCUT2D eigenvalue weighted by Crippen LogP contribution is 2.26. The number of hydrogen-bond acceptors (Lipinski definition) is 4. The summed E-state index contributed by atoms with van der Waals surface area (Å²) in [5.41, 5.74) is 2.10.